The summed E-state index contributed by atoms with van der Waals surface area (Å²) in [5, 5.41) is 8.84. The predicted octanol–water partition coefficient (Wildman–Crippen LogP) is 2.21. The van der Waals surface area contributed by atoms with Gasteiger partial charge in [-0.15, -0.1) is 0 Å². The van der Waals surface area contributed by atoms with Crippen LogP contribution >= 0.6 is 0 Å². The Morgan fingerprint density at radius 2 is 2.32 bits per heavy atom. The van der Waals surface area contributed by atoms with E-state index in [0.29, 0.717) is 11.6 Å². The van der Waals surface area contributed by atoms with Crippen molar-refractivity contribution in [1.82, 2.24) is 9.55 Å². The molecular weight excluding hydrogens is 236 g/mol. The molecule has 1 aliphatic carbocycles. The van der Waals surface area contributed by atoms with Gasteiger partial charge in [0.1, 0.15) is 11.8 Å². The van der Waals surface area contributed by atoms with Crippen molar-refractivity contribution >= 4 is 0 Å². The molecular formula is C15H16N4. The van der Waals surface area contributed by atoms with Gasteiger partial charge in [-0.25, -0.2) is 4.98 Å². The van der Waals surface area contributed by atoms with Gasteiger partial charge in [0.15, 0.2) is 0 Å². The van der Waals surface area contributed by atoms with Gasteiger partial charge in [-0.05, 0) is 48.1 Å². The highest BCUT2D eigenvalue weighted by atomic mass is 14.9. The van der Waals surface area contributed by atoms with Crippen LogP contribution in [0.2, 0.25) is 0 Å². The number of pyridine rings is 1. The molecule has 1 saturated carbocycles. The molecule has 0 aliphatic heterocycles. The SMILES string of the molecule is N#Cc1cc(Cn2ccc(C(N)C3CC3)c2)ccn1. The minimum atomic E-state index is 0.174. The van der Waals surface area contributed by atoms with Crippen LogP contribution in [0.15, 0.2) is 36.8 Å². The third-order valence-corrected chi connectivity index (χ3v) is 3.59. The second-order valence-corrected chi connectivity index (χ2v) is 5.14. The normalized spacial score (nSPS) is 16.0. The number of aromatic nitrogens is 2. The van der Waals surface area contributed by atoms with Gasteiger partial charge in [-0.2, -0.15) is 5.26 Å². The maximum atomic E-state index is 8.84. The standard InChI is InChI=1S/C15H16N4/c16-8-14-7-11(3-5-18-14)9-19-6-4-13(10-19)15(17)12-1-2-12/h3-7,10,12,15H,1-2,9,17H2. The molecule has 1 fully saturated rings. The fourth-order valence-corrected chi connectivity index (χ4v) is 2.33. The zero-order chi connectivity index (χ0) is 13.2. The minimum Gasteiger partial charge on any atom is -0.350 e. The van der Waals surface area contributed by atoms with Crippen molar-refractivity contribution in [2.24, 2.45) is 11.7 Å². The van der Waals surface area contributed by atoms with E-state index in [9.17, 15) is 0 Å². The van der Waals surface area contributed by atoms with Crippen LogP contribution in [0.25, 0.3) is 0 Å². The Kier molecular flexibility index (Phi) is 3.06. The van der Waals surface area contributed by atoms with Gasteiger partial charge in [0, 0.05) is 31.2 Å². The molecule has 4 heteroatoms. The second kappa shape index (κ2) is 4.87. The summed E-state index contributed by atoms with van der Waals surface area (Å²) in [7, 11) is 0. The van der Waals surface area contributed by atoms with Crippen molar-refractivity contribution in [1.29, 1.82) is 5.26 Å². The van der Waals surface area contributed by atoms with Gasteiger partial charge < -0.3 is 10.3 Å². The Morgan fingerprint density at radius 1 is 1.47 bits per heavy atom. The first-order valence-electron chi connectivity index (χ1n) is 6.52. The van der Waals surface area contributed by atoms with E-state index < -0.39 is 0 Å². The first-order chi connectivity index (χ1) is 9.26. The number of hydrogen-bond acceptors (Lipinski definition) is 3. The molecule has 2 N–H and O–H groups in total. The van der Waals surface area contributed by atoms with E-state index in [1.165, 1.54) is 18.4 Å². The number of nitrogens with two attached hydrogens (primary N) is 1. The third kappa shape index (κ3) is 2.67. The fourth-order valence-electron chi connectivity index (χ4n) is 2.33. The average molecular weight is 252 g/mol. The number of rotatable bonds is 4. The van der Waals surface area contributed by atoms with Gasteiger partial charge in [0.2, 0.25) is 0 Å². The molecule has 2 aromatic rings. The van der Waals surface area contributed by atoms with Gasteiger partial charge in [0.05, 0.1) is 0 Å². The molecule has 1 aliphatic rings. The van der Waals surface area contributed by atoms with E-state index >= 15 is 0 Å². The van der Waals surface area contributed by atoms with E-state index in [-0.39, 0.29) is 6.04 Å². The van der Waals surface area contributed by atoms with E-state index in [1.807, 2.05) is 18.3 Å². The number of nitrogens with zero attached hydrogens (tertiary/aromatic N) is 3. The minimum absolute atomic E-state index is 0.174. The van der Waals surface area contributed by atoms with Crippen LogP contribution in [0.3, 0.4) is 0 Å². The van der Waals surface area contributed by atoms with Gasteiger partial charge in [0.25, 0.3) is 0 Å². The molecule has 0 spiro atoms. The summed E-state index contributed by atoms with van der Waals surface area (Å²) in [5.74, 6) is 0.668. The smallest absolute Gasteiger partial charge is 0.140 e. The van der Waals surface area contributed by atoms with Crippen LogP contribution in [-0.2, 0) is 6.54 Å². The molecule has 0 saturated heterocycles. The van der Waals surface area contributed by atoms with Gasteiger partial charge in [-0.1, -0.05) is 0 Å². The van der Waals surface area contributed by atoms with E-state index in [1.54, 1.807) is 6.20 Å². The molecule has 0 radical (unpaired) electrons. The monoisotopic (exact) mass is 252 g/mol. The largest absolute Gasteiger partial charge is 0.350 e. The lowest BCUT2D eigenvalue weighted by molar-refractivity contribution is 0.631. The van der Waals surface area contributed by atoms with E-state index in [2.05, 4.69) is 27.9 Å². The van der Waals surface area contributed by atoms with Crippen molar-refractivity contribution in [2.75, 3.05) is 0 Å². The molecule has 1 atom stereocenters. The summed E-state index contributed by atoms with van der Waals surface area (Å²) in [4.78, 5) is 3.97. The van der Waals surface area contributed by atoms with E-state index in [4.69, 9.17) is 11.0 Å². The Hall–Kier alpha value is -2.12. The molecule has 0 amide bonds. The van der Waals surface area contributed by atoms with Crippen molar-refractivity contribution in [3.05, 3.63) is 53.6 Å². The fraction of sp³-hybridized carbons (Fsp3) is 0.333. The lowest BCUT2D eigenvalue weighted by atomic mass is 10.1. The summed E-state index contributed by atoms with van der Waals surface area (Å²) in [6.45, 7) is 0.745. The molecule has 96 valence electrons. The van der Waals surface area contributed by atoms with Crippen LogP contribution in [-0.4, -0.2) is 9.55 Å². The van der Waals surface area contributed by atoms with Gasteiger partial charge in [-0.3, -0.25) is 0 Å². The molecule has 3 rings (SSSR count). The van der Waals surface area contributed by atoms with Gasteiger partial charge >= 0.3 is 0 Å². The summed E-state index contributed by atoms with van der Waals surface area (Å²) in [6, 6.07) is 8.08. The Morgan fingerprint density at radius 3 is 3.05 bits per heavy atom. The molecule has 4 nitrogen and oxygen atoms in total. The van der Waals surface area contributed by atoms with Crippen LogP contribution in [0, 0.1) is 17.2 Å². The topological polar surface area (TPSA) is 67.6 Å². The average Bonchev–Trinajstić information content (AvgIpc) is 3.19. The summed E-state index contributed by atoms with van der Waals surface area (Å²) in [5.41, 5.74) is 8.93. The quantitative estimate of drug-likeness (QED) is 0.907. The highest BCUT2D eigenvalue weighted by Crippen LogP contribution is 2.39. The van der Waals surface area contributed by atoms with Crippen LogP contribution in [0.1, 0.15) is 35.7 Å². The molecule has 2 heterocycles. The van der Waals surface area contributed by atoms with Crippen molar-refractivity contribution < 1.29 is 0 Å². The molecule has 0 bridgehead atoms. The van der Waals surface area contributed by atoms with Crippen molar-refractivity contribution in [3.63, 3.8) is 0 Å². The van der Waals surface area contributed by atoms with Crippen LogP contribution in [0.5, 0.6) is 0 Å². The Balaban J connectivity index is 1.74. The molecule has 2 aromatic heterocycles. The van der Waals surface area contributed by atoms with Crippen LogP contribution < -0.4 is 5.73 Å². The Bertz CT molecular complexity index is 619. The lowest BCUT2D eigenvalue weighted by Crippen LogP contribution is -2.11. The highest BCUT2D eigenvalue weighted by Gasteiger charge is 2.29. The predicted molar refractivity (Wildman–Crippen MR) is 72.1 cm³/mol. The first-order valence-corrected chi connectivity index (χ1v) is 6.52. The molecule has 0 aromatic carbocycles. The van der Waals surface area contributed by atoms with Crippen molar-refractivity contribution in [2.45, 2.75) is 25.4 Å². The molecule has 19 heavy (non-hydrogen) atoms. The maximum absolute atomic E-state index is 8.84. The zero-order valence-electron chi connectivity index (χ0n) is 10.7. The van der Waals surface area contributed by atoms with Crippen LogP contribution in [0.4, 0.5) is 0 Å². The third-order valence-electron chi connectivity index (χ3n) is 3.59. The highest BCUT2D eigenvalue weighted by molar-refractivity contribution is 5.26. The summed E-state index contributed by atoms with van der Waals surface area (Å²) < 4.78 is 2.11. The summed E-state index contributed by atoms with van der Waals surface area (Å²) in [6.07, 6.45) is 8.33. The molecule has 1 unspecified atom stereocenters. The number of nitriles is 1. The summed E-state index contributed by atoms with van der Waals surface area (Å²) >= 11 is 0. The maximum Gasteiger partial charge on any atom is 0.140 e. The zero-order valence-corrected chi connectivity index (χ0v) is 10.7. The Labute approximate surface area is 112 Å². The lowest BCUT2D eigenvalue weighted by Gasteiger charge is -2.07. The van der Waals surface area contributed by atoms with Crippen molar-refractivity contribution in [3.8, 4) is 6.07 Å². The first kappa shape index (κ1) is 11.9. The number of hydrogen-bond donors (Lipinski definition) is 1. The second-order valence-electron chi connectivity index (χ2n) is 5.14. The van der Waals surface area contributed by atoms with E-state index in [0.717, 1.165) is 12.1 Å².